The minimum atomic E-state index is -0.484. The number of hydrogen-bond acceptors (Lipinski definition) is 5. The fourth-order valence-corrected chi connectivity index (χ4v) is 4.34. The quantitative estimate of drug-likeness (QED) is 0.924. The molecule has 0 unspecified atom stereocenters. The van der Waals surface area contributed by atoms with Gasteiger partial charge in [-0.05, 0) is 43.8 Å². The van der Waals surface area contributed by atoms with Crippen molar-refractivity contribution in [1.82, 2.24) is 20.2 Å². The van der Waals surface area contributed by atoms with E-state index in [-0.39, 0.29) is 17.4 Å². The van der Waals surface area contributed by atoms with Gasteiger partial charge >= 0.3 is 0 Å². The number of aromatic nitrogens is 2. The van der Waals surface area contributed by atoms with Crippen LogP contribution in [0.4, 0.5) is 4.39 Å². The summed E-state index contributed by atoms with van der Waals surface area (Å²) >= 11 is 1.54. The number of nitrogens with one attached hydrogen (secondary N) is 1. The van der Waals surface area contributed by atoms with Gasteiger partial charge in [0.25, 0.3) is 5.91 Å². The lowest BCUT2D eigenvalue weighted by atomic mass is 9.93. The number of nitrogens with zero attached hydrogens (tertiary/aromatic N) is 3. The monoisotopic (exact) mass is 346 g/mol. The summed E-state index contributed by atoms with van der Waals surface area (Å²) in [4.78, 5) is 23.0. The van der Waals surface area contributed by atoms with Crippen LogP contribution in [0.1, 0.15) is 34.6 Å². The molecule has 1 atom stereocenters. The molecule has 1 saturated carbocycles. The van der Waals surface area contributed by atoms with Crippen LogP contribution in [0.25, 0.3) is 0 Å². The standard InChI is InChI=1S/C17H19FN4OS/c18-13-7-12(9-20-10-13)16(23)22(11-15-21-5-6-24-15)14-8-17(14)1-3-19-4-2-17/h5-7,9-10,14,19H,1-4,8,11H2/t14-/m0/s1. The van der Waals surface area contributed by atoms with Gasteiger partial charge in [0.1, 0.15) is 10.8 Å². The van der Waals surface area contributed by atoms with Crippen molar-refractivity contribution in [3.63, 3.8) is 0 Å². The first-order valence-corrected chi connectivity index (χ1v) is 9.07. The maximum atomic E-state index is 13.5. The number of carbonyl (C=O) groups excluding carboxylic acids is 1. The Kier molecular flexibility index (Phi) is 4.05. The fourth-order valence-electron chi connectivity index (χ4n) is 3.72. The Morgan fingerprint density at radius 1 is 1.42 bits per heavy atom. The van der Waals surface area contributed by atoms with Crippen molar-refractivity contribution in [3.8, 4) is 0 Å². The Morgan fingerprint density at radius 3 is 2.96 bits per heavy atom. The van der Waals surface area contributed by atoms with Gasteiger partial charge in [0, 0.05) is 23.8 Å². The zero-order valence-electron chi connectivity index (χ0n) is 13.2. The van der Waals surface area contributed by atoms with Gasteiger partial charge in [-0.25, -0.2) is 9.37 Å². The molecule has 126 valence electrons. The van der Waals surface area contributed by atoms with E-state index < -0.39 is 5.82 Å². The van der Waals surface area contributed by atoms with Gasteiger partial charge in [-0.1, -0.05) is 0 Å². The van der Waals surface area contributed by atoms with Gasteiger partial charge in [0.2, 0.25) is 0 Å². The van der Waals surface area contributed by atoms with Crippen molar-refractivity contribution in [2.75, 3.05) is 13.1 Å². The van der Waals surface area contributed by atoms with Crippen molar-refractivity contribution in [2.24, 2.45) is 5.41 Å². The first-order chi connectivity index (χ1) is 11.7. The van der Waals surface area contributed by atoms with Gasteiger partial charge in [0.15, 0.2) is 0 Å². The van der Waals surface area contributed by atoms with Crippen molar-refractivity contribution in [2.45, 2.75) is 31.8 Å². The molecule has 24 heavy (non-hydrogen) atoms. The van der Waals surface area contributed by atoms with E-state index in [9.17, 15) is 9.18 Å². The molecule has 1 aliphatic carbocycles. The summed E-state index contributed by atoms with van der Waals surface area (Å²) in [7, 11) is 0. The molecule has 2 aromatic heterocycles. The number of halogens is 1. The van der Waals surface area contributed by atoms with Crippen LogP contribution in [-0.4, -0.2) is 39.9 Å². The third-order valence-electron chi connectivity index (χ3n) is 5.12. The summed E-state index contributed by atoms with van der Waals surface area (Å²) in [5.74, 6) is -0.639. The number of piperidine rings is 1. The smallest absolute Gasteiger partial charge is 0.256 e. The molecule has 4 rings (SSSR count). The van der Waals surface area contributed by atoms with E-state index >= 15 is 0 Å². The zero-order chi connectivity index (χ0) is 16.6. The van der Waals surface area contributed by atoms with Crippen LogP contribution in [0.2, 0.25) is 0 Å². The van der Waals surface area contributed by atoms with Gasteiger partial charge in [-0.3, -0.25) is 9.78 Å². The molecule has 2 aliphatic rings. The van der Waals surface area contributed by atoms with E-state index in [4.69, 9.17) is 0 Å². The van der Waals surface area contributed by atoms with E-state index in [1.54, 1.807) is 17.5 Å². The lowest BCUT2D eigenvalue weighted by Crippen LogP contribution is -2.39. The minimum absolute atomic E-state index is 0.155. The number of amides is 1. The number of pyridine rings is 1. The lowest BCUT2D eigenvalue weighted by molar-refractivity contribution is 0.0691. The molecule has 2 fully saturated rings. The molecule has 1 amide bonds. The third-order valence-corrected chi connectivity index (χ3v) is 5.89. The Morgan fingerprint density at radius 2 is 2.25 bits per heavy atom. The van der Waals surface area contributed by atoms with Gasteiger partial charge < -0.3 is 10.2 Å². The Hall–Kier alpha value is -1.86. The molecule has 2 aromatic rings. The van der Waals surface area contributed by atoms with Crippen LogP contribution in [0, 0.1) is 11.2 Å². The molecule has 1 N–H and O–H groups in total. The number of carbonyl (C=O) groups is 1. The van der Waals surface area contributed by atoms with Crippen LogP contribution in [-0.2, 0) is 6.54 Å². The van der Waals surface area contributed by atoms with Crippen LogP contribution in [0.15, 0.2) is 30.0 Å². The highest BCUT2D eigenvalue weighted by Crippen LogP contribution is 2.56. The van der Waals surface area contributed by atoms with Gasteiger partial charge in [0.05, 0.1) is 18.3 Å². The van der Waals surface area contributed by atoms with Gasteiger partial charge in [-0.15, -0.1) is 11.3 Å². The Labute approximate surface area is 143 Å². The SMILES string of the molecule is O=C(c1cncc(F)c1)N(Cc1nccs1)[C@H]1CC12CCNCC2. The highest BCUT2D eigenvalue weighted by molar-refractivity contribution is 7.09. The molecule has 5 nitrogen and oxygen atoms in total. The summed E-state index contributed by atoms with van der Waals surface area (Å²) in [6.07, 6.45) is 7.50. The van der Waals surface area contributed by atoms with Crippen LogP contribution < -0.4 is 5.32 Å². The van der Waals surface area contributed by atoms with E-state index in [0.717, 1.165) is 43.6 Å². The Bertz CT molecular complexity index is 730. The zero-order valence-corrected chi connectivity index (χ0v) is 14.1. The predicted molar refractivity (Wildman–Crippen MR) is 89.1 cm³/mol. The largest absolute Gasteiger partial charge is 0.328 e. The summed E-state index contributed by atoms with van der Waals surface area (Å²) in [5, 5.41) is 6.20. The average Bonchev–Trinajstić information content (AvgIpc) is 3.04. The van der Waals surface area contributed by atoms with E-state index in [0.29, 0.717) is 12.1 Å². The molecule has 1 saturated heterocycles. The van der Waals surface area contributed by atoms with Crippen LogP contribution >= 0.6 is 11.3 Å². The molecular formula is C17H19FN4OS. The van der Waals surface area contributed by atoms with Crippen molar-refractivity contribution in [3.05, 3.63) is 46.4 Å². The highest BCUT2D eigenvalue weighted by Gasteiger charge is 2.57. The second kappa shape index (κ2) is 6.22. The van der Waals surface area contributed by atoms with E-state index in [2.05, 4.69) is 15.3 Å². The van der Waals surface area contributed by atoms with Crippen molar-refractivity contribution >= 4 is 17.2 Å². The van der Waals surface area contributed by atoms with E-state index in [1.165, 1.54) is 12.3 Å². The number of hydrogen-bond donors (Lipinski definition) is 1. The van der Waals surface area contributed by atoms with Crippen molar-refractivity contribution in [1.29, 1.82) is 0 Å². The maximum absolute atomic E-state index is 13.5. The first kappa shape index (κ1) is 15.7. The topological polar surface area (TPSA) is 58.1 Å². The van der Waals surface area contributed by atoms with E-state index in [1.807, 2.05) is 10.3 Å². The molecule has 0 bridgehead atoms. The molecule has 0 aromatic carbocycles. The minimum Gasteiger partial charge on any atom is -0.328 e. The molecule has 0 radical (unpaired) electrons. The average molecular weight is 346 g/mol. The maximum Gasteiger partial charge on any atom is 0.256 e. The van der Waals surface area contributed by atoms with Gasteiger partial charge in [-0.2, -0.15) is 0 Å². The molecular weight excluding hydrogens is 327 g/mol. The second-order valence-corrected chi connectivity index (χ2v) is 7.56. The molecule has 1 aliphatic heterocycles. The normalized spacial score (nSPS) is 21.6. The highest BCUT2D eigenvalue weighted by atomic mass is 32.1. The predicted octanol–water partition coefficient (Wildman–Crippen LogP) is 2.46. The number of rotatable bonds is 4. The summed E-state index contributed by atoms with van der Waals surface area (Å²) in [6.45, 7) is 2.47. The molecule has 1 spiro atoms. The van der Waals surface area contributed by atoms with Crippen LogP contribution in [0.5, 0.6) is 0 Å². The fraction of sp³-hybridized carbons (Fsp3) is 0.471. The summed E-state index contributed by atoms with van der Waals surface area (Å²) < 4.78 is 13.5. The van der Waals surface area contributed by atoms with Crippen molar-refractivity contribution < 1.29 is 9.18 Å². The first-order valence-electron chi connectivity index (χ1n) is 8.19. The Balaban J connectivity index is 1.60. The summed E-state index contributed by atoms with van der Waals surface area (Å²) in [6, 6.07) is 1.47. The summed E-state index contributed by atoms with van der Waals surface area (Å²) in [5.41, 5.74) is 0.529. The number of thiazole rings is 1. The van der Waals surface area contributed by atoms with Crippen LogP contribution in [0.3, 0.4) is 0 Å². The second-order valence-electron chi connectivity index (χ2n) is 6.58. The lowest BCUT2D eigenvalue weighted by Gasteiger charge is -2.29. The third kappa shape index (κ3) is 2.93. The molecule has 7 heteroatoms. The molecule has 3 heterocycles.